The Bertz CT molecular complexity index is 1130. The molecule has 3 aromatic rings. The topological polar surface area (TPSA) is 35.5 Å². The maximum Gasteiger partial charge on any atom is 0.343 e. The van der Waals surface area contributed by atoms with E-state index in [1.165, 1.54) is 0 Å². The molecule has 3 aromatic carbocycles. The van der Waals surface area contributed by atoms with Crippen LogP contribution < -0.4 is 4.74 Å². The Kier molecular flexibility index (Phi) is 4.65. The summed E-state index contributed by atoms with van der Waals surface area (Å²) in [7, 11) is 1.64. The SMILES string of the molecule is COc1ccc2cc(C3=C/C(=C/c4ccc(Cl)cc4Cl)C(=O)O3)ccc2c1. The first-order chi connectivity index (χ1) is 13.0. The van der Waals surface area contributed by atoms with Gasteiger partial charge in [0, 0.05) is 15.6 Å². The monoisotopic (exact) mass is 396 g/mol. The third-order valence-corrected chi connectivity index (χ3v) is 4.89. The molecule has 0 unspecified atom stereocenters. The van der Waals surface area contributed by atoms with E-state index in [1.54, 1.807) is 37.5 Å². The Balaban J connectivity index is 1.70. The number of benzene rings is 3. The van der Waals surface area contributed by atoms with Gasteiger partial charge in [0.1, 0.15) is 11.5 Å². The summed E-state index contributed by atoms with van der Waals surface area (Å²) in [5.74, 6) is 0.895. The maximum absolute atomic E-state index is 12.3. The van der Waals surface area contributed by atoms with E-state index in [-0.39, 0.29) is 0 Å². The maximum atomic E-state index is 12.3. The van der Waals surface area contributed by atoms with E-state index in [9.17, 15) is 4.79 Å². The van der Waals surface area contributed by atoms with Crippen LogP contribution in [0.5, 0.6) is 5.75 Å². The fourth-order valence-electron chi connectivity index (χ4n) is 2.92. The van der Waals surface area contributed by atoms with Gasteiger partial charge in [0.2, 0.25) is 0 Å². The van der Waals surface area contributed by atoms with Gasteiger partial charge in [0.25, 0.3) is 0 Å². The standard InChI is InChI=1S/C22H14Cl2O3/c1-26-19-7-5-13-8-16(3-2-14(13)10-19)21-11-17(22(25)27-21)9-15-4-6-18(23)12-20(15)24/h2-12H,1H3/b17-9-. The van der Waals surface area contributed by atoms with Gasteiger partial charge >= 0.3 is 5.97 Å². The molecular formula is C22H14Cl2O3. The van der Waals surface area contributed by atoms with Crippen molar-refractivity contribution in [3.8, 4) is 5.75 Å². The highest BCUT2D eigenvalue weighted by Crippen LogP contribution is 2.31. The number of fused-ring (bicyclic) bond motifs is 1. The Morgan fingerprint density at radius 1 is 0.963 bits per heavy atom. The molecule has 4 rings (SSSR count). The zero-order chi connectivity index (χ0) is 19.0. The van der Waals surface area contributed by atoms with Crippen molar-refractivity contribution in [1.29, 1.82) is 0 Å². The summed E-state index contributed by atoms with van der Waals surface area (Å²) in [6, 6.07) is 16.8. The van der Waals surface area contributed by atoms with Crippen molar-refractivity contribution in [1.82, 2.24) is 0 Å². The van der Waals surface area contributed by atoms with Crippen LogP contribution in [0, 0.1) is 0 Å². The number of esters is 1. The third-order valence-electron chi connectivity index (χ3n) is 4.33. The highest BCUT2D eigenvalue weighted by molar-refractivity contribution is 6.35. The van der Waals surface area contributed by atoms with Crippen LogP contribution in [-0.4, -0.2) is 13.1 Å². The summed E-state index contributed by atoms with van der Waals surface area (Å²) >= 11 is 12.1. The number of methoxy groups -OCH3 is 1. The molecule has 0 spiro atoms. The van der Waals surface area contributed by atoms with E-state index >= 15 is 0 Å². The zero-order valence-electron chi connectivity index (χ0n) is 14.3. The van der Waals surface area contributed by atoms with E-state index in [2.05, 4.69) is 0 Å². The summed E-state index contributed by atoms with van der Waals surface area (Å²) in [5, 5.41) is 3.10. The molecule has 0 saturated heterocycles. The first-order valence-electron chi connectivity index (χ1n) is 8.22. The Morgan fingerprint density at radius 3 is 2.52 bits per heavy atom. The highest BCUT2D eigenvalue weighted by atomic mass is 35.5. The lowest BCUT2D eigenvalue weighted by atomic mass is 10.0. The van der Waals surface area contributed by atoms with Gasteiger partial charge < -0.3 is 9.47 Å². The number of hydrogen-bond acceptors (Lipinski definition) is 3. The minimum Gasteiger partial charge on any atom is -0.497 e. The van der Waals surface area contributed by atoms with Crippen LogP contribution in [-0.2, 0) is 9.53 Å². The molecule has 5 heteroatoms. The highest BCUT2D eigenvalue weighted by Gasteiger charge is 2.22. The van der Waals surface area contributed by atoms with Crippen LogP contribution in [0.1, 0.15) is 11.1 Å². The Labute approximate surface area is 166 Å². The molecule has 27 heavy (non-hydrogen) atoms. The first-order valence-corrected chi connectivity index (χ1v) is 8.98. The largest absolute Gasteiger partial charge is 0.497 e. The average molecular weight is 397 g/mol. The molecule has 0 radical (unpaired) electrons. The van der Waals surface area contributed by atoms with Gasteiger partial charge in [-0.3, -0.25) is 0 Å². The van der Waals surface area contributed by atoms with Crippen molar-refractivity contribution >= 4 is 51.8 Å². The molecule has 1 aliphatic heterocycles. The predicted molar refractivity (Wildman–Crippen MR) is 109 cm³/mol. The van der Waals surface area contributed by atoms with E-state index in [0.717, 1.165) is 22.1 Å². The number of rotatable bonds is 3. The molecule has 0 amide bonds. The third kappa shape index (κ3) is 3.57. The van der Waals surface area contributed by atoms with Crippen molar-refractivity contribution in [2.45, 2.75) is 0 Å². The zero-order valence-corrected chi connectivity index (χ0v) is 15.8. The molecule has 0 aromatic heterocycles. The molecule has 0 N–H and O–H groups in total. The average Bonchev–Trinajstić information content (AvgIpc) is 3.03. The Hall–Kier alpha value is -2.75. The van der Waals surface area contributed by atoms with Gasteiger partial charge in [-0.25, -0.2) is 4.79 Å². The second-order valence-electron chi connectivity index (χ2n) is 6.09. The number of carbonyl (C=O) groups excluding carboxylic acids is 1. The minimum absolute atomic E-state index is 0.411. The minimum atomic E-state index is -0.411. The lowest BCUT2D eigenvalue weighted by Gasteiger charge is -2.06. The quantitative estimate of drug-likeness (QED) is 0.394. The second kappa shape index (κ2) is 7.10. The molecule has 0 fully saturated rings. The molecule has 1 heterocycles. The van der Waals surface area contributed by atoms with Gasteiger partial charge in [-0.2, -0.15) is 0 Å². The number of cyclic esters (lactones) is 1. The molecule has 0 saturated carbocycles. The van der Waals surface area contributed by atoms with Crippen molar-refractivity contribution in [2.24, 2.45) is 0 Å². The lowest BCUT2D eigenvalue weighted by Crippen LogP contribution is -1.97. The van der Waals surface area contributed by atoms with E-state index in [1.807, 2.05) is 36.4 Å². The van der Waals surface area contributed by atoms with Crippen LogP contribution in [0.3, 0.4) is 0 Å². The molecule has 0 atom stereocenters. The molecule has 134 valence electrons. The van der Waals surface area contributed by atoms with Gasteiger partial charge in [0.05, 0.1) is 12.7 Å². The summed E-state index contributed by atoms with van der Waals surface area (Å²) in [6.45, 7) is 0. The van der Waals surface area contributed by atoms with Crippen LogP contribution in [0.2, 0.25) is 10.0 Å². The van der Waals surface area contributed by atoms with E-state index in [4.69, 9.17) is 32.7 Å². The smallest absolute Gasteiger partial charge is 0.343 e. The second-order valence-corrected chi connectivity index (χ2v) is 6.94. The number of hydrogen-bond donors (Lipinski definition) is 0. The number of halogens is 2. The summed E-state index contributed by atoms with van der Waals surface area (Å²) in [5.41, 5.74) is 1.96. The van der Waals surface area contributed by atoms with Gasteiger partial charge in [-0.15, -0.1) is 0 Å². The van der Waals surface area contributed by atoms with Crippen molar-refractivity contribution in [3.05, 3.63) is 87.4 Å². The fourth-order valence-corrected chi connectivity index (χ4v) is 3.38. The molecule has 3 nitrogen and oxygen atoms in total. The van der Waals surface area contributed by atoms with Crippen molar-refractivity contribution < 1.29 is 14.3 Å². The van der Waals surface area contributed by atoms with Crippen molar-refractivity contribution in [3.63, 3.8) is 0 Å². The summed E-state index contributed by atoms with van der Waals surface area (Å²) in [6.07, 6.45) is 3.41. The summed E-state index contributed by atoms with van der Waals surface area (Å²) in [4.78, 5) is 12.3. The normalized spacial score (nSPS) is 15.1. The lowest BCUT2D eigenvalue weighted by molar-refractivity contribution is -0.130. The van der Waals surface area contributed by atoms with Crippen molar-refractivity contribution in [2.75, 3.05) is 7.11 Å². The Morgan fingerprint density at radius 2 is 1.74 bits per heavy atom. The van der Waals surface area contributed by atoms with E-state index in [0.29, 0.717) is 26.9 Å². The summed E-state index contributed by atoms with van der Waals surface area (Å²) < 4.78 is 10.7. The van der Waals surface area contributed by atoms with Crippen LogP contribution >= 0.6 is 23.2 Å². The molecule has 0 aliphatic carbocycles. The van der Waals surface area contributed by atoms with Crippen LogP contribution in [0.15, 0.2) is 66.2 Å². The van der Waals surface area contributed by atoms with Crippen LogP contribution in [0.25, 0.3) is 22.6 Å². The number of carbonyl (C=O) groups is 1. The molecule has 1 aliphatic rings. The fraction of sp³-hybridized carbons (Fsp3) is 0.0455. The first kappa shape index (κ1) is 17.7. The van der Waals surface area contributed by atoms with E-state index < -0.39 is 5.97 Å². The van der Waals surface area contributed by atoms with Gasteiger partial charge in [-0.05, 0) is 58.8 Å². The molecule has 0 bridgehead atoms. The van der Waals surface area contributed by atoms with Gasteiger partial charge in [-0.1, -0.05) is 47.5 Å². The molecular weight excluding hydrogens is 383 g/mol. The predicted octanol–water partition coefficient (Wildman–Crippen LogP) is 6.14. The number of ether oxygens (including phenoxy) is 2. The van der Waals surface area contributed by atoms with Gasteiger partial charge in [0.15, 0.2) is 0 Å². The van der Waals surface area contributed by atoms with Crippen LogP contribution in [0.4, 0.5) is 0 Å².